The van der Waals surface area contributed by atoms with Gasteiger partial charge in [0.1, 0.15) is 16.9 Å². The van der Waals surface area contributed by atoms with Gasteiger partial charge in [0.2, 0.25) is 0 Å². The van der Waals surface area contributed by atoms with Gasteiger partial charge >= 0.3 is 0 Å². The summed E-state index contributed by atoms with van der Waals surface area (Å²) in [5.41, 5.74) is 2.45. The maximum Gasteiger partial charge on any atom is 0.279 e. The summed E-state index contributed by atoms with van der Waals surface area (Å²) in [4.78, 5) is 25.7. The minimum Gasteiger partial charge on any atom is -0.495 e. The number of methoxy groups -OCH3 is 1. The number of quaternary nitrogens is 1. The number of hydrogen-bond donors (Lipinski definition) is 3. The molecule has 0 aliphatic heterocycles. The van der Waals surface area contributed by atoms with Crippen LogP contribution in [0, 0.1) is 0 Å². The average molecular weight is 487 g/mol. The monoisotopic (exact) mass is 486 g/mol. The van der Waals surface area contributed by atoms with Crippen LogP contribution in [0.4, 0.5) is 11.4 Å². The zero-order valence-electron chi connectivity index (χ0n) is 18.0. The number of anilines is 2. The van der Waals surface area contributed by atoms with Crippen molar-refractivity contribution >= 4 is 68.3 Å². The molecule has 4 aromatic rings. The van der Waals surface area contributed by atoms with Gasteiger partial charge in [0.15, 0.2) is 13.1 Å². The molecule has 1 unspecified atom stereocenters. The van der Waals surface area contributed by atoms with Crippen LogP contribution in [-0.2, 0) is 9.59 Å². The van der Waals surface area contributed by atoms with E-state index in [0.29, 0.717) is 37.7 Å². The van der Waals surface area contributed by atoms with Gasteiger partial charge in [-0.25, -0.2) is 0 Å². The highest BCUT2D eigenvalue weighted by Crippen LogP contribution is 2.36. The third kappa shape index (κ3) is 5.22. The van der Waals surface area contributed by atoms with Crippen LogP contribution in [0.15, 0.2) is 59.0 Å². The highest BCUT2D eigenvalue weighted by atomic mass is 35.5. The minimum absolute atomic E-state index is 0.0795. The van der Waals surface area contributed by atoms with Crippen molar-refractivity contribution in [3.63, 3.8) is 0 Å². The molecule has 1 aromatic heterocycles. The summed E-state index contributed by atoms with van der Waals surface area (Å²) in [6.45, 7) is 0.170. The van der Waals surface area contributed by atoms with E-state index in [1.807, 2.05) is 30.3 Å². The fourth-order valence-corrected chi connectivity index (χ4v) is 3.90. The van der Waals surface area contributed by atoms with Crippen molar-refractivity contribution in [1.29, 1.82) is 0 Å². The van der Waals surface area contributed by atoms with E-state index in [0.717, 1.165) is 16.4 Å². The number of para-hydroxylation sites is 1. The van der Waals surface area contributed by atoms with Crippen LogP contribution >= 0.6 is 23.2 Å². The Morgan fingerprint density at radius 3 is 2.36 bits per heavy atom. The second-order valence-corrected chi connectivity index (χ2v) is 8.50. The molecule has 3 N–H and O–H groups in total. The lowest BCUT2D eigenvalue weighted by atomic mass is 10.1. The molecular formula is C24H22Cl2N3O4+. The standard InChI is InChI=1S/C24H21Cl2N3O4/c1-29(12-23(30)27-14-7-8-17(25)18(26)9-14)13-24(31)28-19-11-21-16(10-22(19)32-2)15-5-3-4-6-20(15)33-21/h3-11H,12-13H2,1-2H3,(H,27,30)(H,28,31)/p+1. The molecule has 0 saturated heterocycles. The predicted molar refractivity (Wildman–Crippen MR) is 131 cm³/mol. The predicted octanol–water partition coefficient (Wildman–Crippen LogP) is 3.99. The smallest absolute Gasteiger partial charge is 0.279 e. The molecule has 4 rings (SSSR count). The first-order valence-electron chi connectivity index (χ1n) is 10.2. The molecule has 0 bridgehead atoms. The van der Waals surface area contributed by atoms with Crippen LogP contribution in [0.5, 0.6) is 5.75 Å². The third-order valence-corrected chi connectivity index (χ3v) is 5.84. The molecule has 1 heterocycles. The Labute approximate surface area is 200 Å². The Bertz CT molecular complexity index is 1350. The number of carbonyl (C=O) groups excluding carboxylic acids is 2. The van der Waals surface area contributed by atoms with Crippen molar-refractivity contribution in [2.24, 2.45) is 0 Å². The molecular weight excluding hydrogens is 465 g/mol. The Morgan fingerprint density at radius 2 is 1.64 bits per heavy atom. The van der Waals surface area contributed by atoms with Gasteiger partial charge in [-0.05, 0) is 30.3 Å². The third-order valence-electron chi connectivity index (χ3n) is 5.10. The summed E-state index contributed by atoms with van der Waals surface area (Å²) in [5, 5.41) is 8.24. The molecule has 0 fully saturated rings. The highest BCUT2D eigenvalue weighted by molar-refractivity contribution is 6.42. The molecule has 9 heteroatoms. The van der Waals surface area contributed by atoms with Crippen molar-refractivity contribution in [2.45, 2.75) is 0 Å². The number of likely N-dealkylation sites (N-methyl/N-ethyl adjacent to an activating group) is 1. The van der Waals surface area contributed by atoms with Gasteiger partial charge in [-0.2, -0.15) is 0 Å². The lowest BCUT2D eigenvalue weighted by molar-refractivity contribution is -0.862. The second kappa shape index (κ2) is 9.70. The maximum absolute atomic E-state index is 12.6. The second-order valence-electron chi connectivity index (χ2n) is 7.68. The largest absolute Gasteiger partial charge is 0.495 e. The fourth-order valence-electron chi connectivity index (χ4n) is 3.60. The molecule has 2 amide bonds. The number of carbonyl (C=O) groups is 2. The van der Waals surface area contributed by atoms with Crippen LogP contribution in [0.2, 0.25) is 10.0 Å². The first-order valence-corrected chi connectivity index (χ1v) is 10.9. The maximum atomic E-state index is 12.6. The van der Waals surface area contributed by atoms with Crippen LogP contribution in [0.3, 0.4) is 0 Å². The number of furan rings is 1. The van der Waals surface area contributed by atoms with E-state index in [1.54, 1.807) is 38.4 Å². The van der Waals surface area contributed by atoms with Crippen LogP contribution < -0.4 is 20.3 Å². The van der Waals surface area contributed by atoms with Crippen molar-refractivity contribution in [1.82, 2.24) is 0 Å². The molecule has 170 valence electrons. The van der Waals surface area contributed by atoms with Crippen LogP contribution in [-0.4, -0.2) is 39.1 Å². The zero-order chi connectivity index (χ0) is 23.5. The first-order chi connectivity index (χ1) is 15.8. The van der Waals surface area contributed by atoms with E-state index < -0.39 is 0 Å². The summed E-state index contributed by atoms with van der Waals surface area (Å²) >= 11 is 11.9. The van der Waals surface area contributed by atoms with Gasteiger partial charge in [0, 0.05) is 22.5 Å². The van der Waals surface area contributed by atoms with Gasteiger partial charge in [-0.3, -0.25) is 9.59 Å². The summed E-state index contributed by atoms with van der Waals surface area (Å²) in [7, 11) is 3.30. The molecule has 0 radical (unpaired) electrons. The van der Waals surface area contributed by atoms with Crippen molar-refractivity contribution in [3.05, 3.63) is 64.6 Å². The quantitative estimate of drug-likeness (QED) is 0.368. The molecule has 0 aliphatic carbocycles. The first kappa shape index (κ1) is 22.9. The Balaban J connectivity index is 1.40. The summed E-state index contributed by atoms with van der Waals surface area (Å²) < 4.78 is 11.4. The van der Waals surface area contributed by atoms with Gasteiger partial charge < -0.3 is 24.7 Å². The number of rotatable bonds is 7. The summed E-state index contributed by atoms with van der Waals surface area (Å²) in [6.07, 6.45) is 0. The summed E-state index contributed by atoms with van der Waals surface area (Å²) in [5.74, 6) is 0.0148. The lowest BCUT2D eigenvalue weighted by Gasteiger charge is -2.15. The number of ether oxygens (including phenoxy) is 1. The topological polar surface area (TPSA) is 85.0 Å². The SMILES string of the molecule is COc1cc2c(cc1NC(=O)C[NH+](C)CC(=O)Nc1ccc(Cl)c(Cl)c1)oc1ccccc12. The number of benzene rings is 3. The van der Waals surface area contributed by atoms with Crippen molar-refractivity contribution in [3.8, 4) is 5.75 Å². The molecule has 1 atom stereocenters. The van der Waals surface area contributed by atoms with Gasteiger partial charge in [-0.15, -0.1) is 0 Å². The van der Waals surface area contributed by atoms with E-state index in [2.05, 4.69) is 10.6 Å². The normalized spacial score (nSPS) is 12.0. The average Bonchev–Trinajstić information content (AvgIpc) is 3.12. The Morgan fingerprint density at radius 1 is 0.909 bits per heavy atom. The van der Waals surface area contributed by atoms with E-state index >= 15 is 0 Å². The van der Waals surface area contributed by atoms with Crippen LogP contribution in [0.1, 0.15) is 0 Å². The molecule has 0 saturated carbocycles. The highest BCUT2D eigenvalue weighted by Gasteiger charge is 2.18. The molecule has 0 aliphatic rings. The molecule has 33 heavy (non-hydrogen) atoms. The number of halogens is 2. The zero-order valence-corrected chi connectivity index (χ0v) is 19.5. The lowest BCUT2D eigenvalue weighted by Crippen LogP contribution is -3.11. The Kier molecular flexibility index (Phi) is 6.74. The van der Waals surface area contributed by atoms with E-state index in [9.17, 15) is 9.59 Å². The van der Waals surface area contributed by atoms with Gasteiger partial charge in [-0.1, -0.05) is 41.4 Å². The van der Waals surface area contributed by atoms with Crippen molar-refractivity contribution in [2.75, 3.05) is 37.9 Å². The van der Waals surface area contributed by atoms with Gasteiger partial charge in [0.05, 0.1) is 29.9 Å². The van der Waals surface area contributed by atoms with Crippen molar-refractivity contribution < 1.29 is 23.6 Å². The summed E-state index contributed by atoms with van der Waals surface area (Å²) in [6, 6.07) is 16.1. The number of amides is 2. The van der Waals surface area contributed by atoms with E-state index in [1.165, 1.54) is 0 Å². The number of fused-ring (bicyclic) bond motifs is 3. The molecule has 7 nitrogen and oxygen atoms in total. The Hall–Kier alpha value is -3.26. The fraction of sp³-hybridized carbons (Fsp3) is 0.167. The number of nitrogens with one attached hydrogen (secondary N) is 3. The van der Waals surface area contributed by atoms with Gasteiger partial charge in [0.25, 0.3) is 11.8 Å². The van der Waals surface area contributed by atoms with Crippen LogP contribution in [0.25, 0.3) is 21.9 Å². The van der Waals surface area contributed by atoms with E-state index in [4.69, 9.17) is 32.4 Å². The van der Waals surface area contributed by atoms with E-state index in [-0.39, 0.29) is 24.9 Å². The molecule has 3 aromatic carbocycles. The molecule has 0 spiro atoms. The number of hydrogen-bond acceptors (Lipinski definition) is 4. The minimum atomic E-state index is -0.261.